The van der Waals surface area contributed by atoms with Crippen molar-refractivity contribution >= 4 is 11.8 Å². The predicted octanol–water partition coefficient (Wildman–Crippen LogP) is 3.71. The van der Waals surface area contributed by atoms with Crippen LogP contribution < -0.4 is 22.1 Å². The van der Waals surface area contributed by atoms with E-state index in [-0.39, 0.29) is 18.4 Å². The van der Waals surface area contributed by atoms with Crippen molar-refractivity contribution in [1.82, 2.24) is 10.6 Å². The van der Waals surface area contributed by atoms with Gasteiger partial charge >= 0.3 is 0 Å². The lowest BCUT2D eigenvalue weighted by atomic mass is 10.2. The van der Waals surface area contributed by atoms with Crippen LogP contribution in [0, 0.1) is 18.8 Å². The summed E-state index contributed by atoms with van der Waals surface area (Å²) in [6, 6.07) is 0.488. The molecule has 6 heteroatoms. The van der Waals surface area contributed by atoms with E-state index in [9.17, 15) is 9.59 Å². The Bertz CT molecular complexity index is 398. The Kier molecular flexibility index (Phi) is 33.6. The lowest BCUT2D eigenvalue weighted by Crippen LogP contribution is -2.30. The van der Waals surface area contributed by atoms with Crippen molar-refractivity contribution in [2.75, 3.05) is 13.1 Å². The third-order valence-electron chi connectivity index (χ3n) is 3.19. The molecule has 172 valence electrons. The molecule has 6 nitrogen and oxygen atoms in total. The summed E-state index contributed by atoms with van der Waals surface area (Å²) in [5.74, 6) is 0.837. The molecule has 0 unspecified atom stereocenters. The van der Waals surface area contributed by atoms with Crippen molar-refractivity contribution in [2.45, 2.75) is 92.5 Å². The smallest absolute Gasteiger partial charge is 0.233 e. The van der Waals surface area contributed by atoms with Gasteiger partial charge < -0.3 is 22.1 Å². The maximum Gasteiger partial charge on any atom is 0.233 e. The van der Waals surface area contributed by atoms with Crippen LogP contribution in [0.25, 0.3) is 0 Å². The Morgan fingerprint density at radius 2 is 1.55 bits per heavy atom. The molecule has 0 atom stereocenters. The number of allylic oxidation sites excluding steroid dienone is 1. The van der Waals surface area contributed by atoms with Crippen LogP contribution in [-0.2, 0) is 9.59 Å². The molecule has 0 aliphatic heterocycles. The molecule has 6 N–H and O–H groups in total. The van der Waals surface area contributed by atoms with Crippen LogP contribution in [-0.4, -0.2) is 30.9 Å². The summed E-state index contributed by atoms with van der Waals surface area (Å²) >= 11 is 0. The minimum absolute atomic E-state index is 0.0591. The Balaban J connectivity index is -0.000000161. The van der Waals surface area contributed by atoms with E-state index in [1.165, 1.54) is 25.7 Å². The largest absolute Gasteiger partial charge is 0.403 e. The lowest BCUT2D eigenvalue weighted by molar-refractivity contribution is -0.120. The van der Waals surface area contributed by atoms with E-state index in [1.807, 2.05) is 13.8 Å². The van der Waals surface area contributed by atoms with E-state index >= 15 is 0 Å². The second kappa shape index (κ2) is 28.2. The molecule has 0 aromatic heterocycles. The fourth-order valence-corrected chi connectivity index (χ4v) is 2.13. The summed E-state index contributed by atoms with van der Waals surface area (Å²) in [6.07, 6.45) is 15.6. The molecule has 1 aliphatic rings. The first kappa shape index (κ1) is 34.5. The van der Waals surface area contributed by atoms with Crippen LogP contribution in [0.1, 0.15) is 86.5 Å². The van der Waals surface area contributed by atoms with E-state index in [0.717, 1.165) is 25.2 Å². The topological polar surface area (TPSA) is 110 Å². The van der Waals surface area contributed by atoms with E-state index in [1.54, 1.807) is 6.92 Å². The Labute approximate surface area is 180 Å². The first-order chi connectivity index (χ1) is 13.7. The summed E-state index contributed by atoms with van der Waals surface area (Å²) in [5.41, 5.74) is 11.1. The molecule has 1 rings (SSSR count). The summed E-state index contributed by atoms with van der Waals surface area (Å²) in [7, 11) is 0. The molecule has 0 radical (unpaired) electrons. The molecular formula is C23H48N4O2. The average molecular weight is 413 g/mol. The normalized spacial score (nSPS) is 11.7. The SMILES string of the molecule is C#C.C=C(N)CCCCNC(=O)CN.CC.CC(=O)NC1CCCC1.CC(C)C. The van der Waals surface area contributed by atoms with E-state index in [0.29, 0.717) is 18.3 Å². The highest BCUT2D eigenvalue weighted by Gasteiger charge is 2.14. The van der Waals surface area contributed by atoms with Crippen molar-refractivity contribution in [1.29, 1.82) is 0 Å². The Hall–Kier alpha value is -2.00. The van der Waals surface area contributed by atoms with Crippen LogP contribution in [0.3, 0.4) is 0 Å². The van der Waals surface area contributed by atoms with Gasteiger partial charge in [0.15, 0.2) is 0 Å². The molecule has 0 bridgehead atoms. The first-order valence-corrected chi connectivity index (χ1v) is 10.7. The van der Waals surface area contributed by atoms with Crippen LogP contribution >= 0.6 is 0 Å². The molecule has 1 saturated carbocycles. The second-order valence-electron chi connectivity index (χ2n) is 7.08. The number of rotatable bonds is 7. The molecule has 2 amide bonds. The highest BCUT2D eigenvalue weighted by molar-refractivity contribution is 5.77. The highest BCUT2D eigenvalue weighted by Crippen LogP contribution is 2.17. The van der Waals surface area contributed by atoms with Gasteiger partial charge in [0.05, 0.1) is 6.54 Å². The zero-order valence-electron chi connectivity index (χ0n) is 19.9. The number of carbonyl (C=O) groups excluding carboxylic acids is 2. The van der Waals surface area contributed by atoms with Crippen LogP contribution in [0.4, 0.5) is 0 Å². The van der Waals surface area contributed by atoms with E-state index < -0.39 is 0 Å². The molecule has 0 aromatic carbocycles. The van der Waals surface area contributed by atoms with Crippen molar-refractivity contribution in [3.63, 3.8) is 0 Å². The molecule has 0 saturated heterocycles. The van der Waals surface area contributed by atoms with Gasteiger partial charge in [-0.25, -0.2) is 0 Å². The standard InChI is InChI=1S/C8H17N3O.C7H13NO.C4H10.C2H6.C2H2/c1-7(10)4-2-3-5-11-8(12)6-9;1-6(9)8-7-4-2-3-5-7;1-4(2)3;2*1-2/h1-6,9-10H2,(H,11,12);7H,2-5H2,1H3,(H,8,9);4H,1-3H3;1-2H3;1-2H. The van der Waals surface area contributed by atoms with Crippen LogP contribution in [0.15, 0.2) is 12.3 Å². The first-order valence-electron chi connectivity index (χ1n) is 10.7. The summed E-state index contributed by atoms with van der Waals surface area (Å²) in [6.45, 7) is 16.4. The van der Waals surface area contributed by atoms with Gasteiger partial charge in [0.1, 0.15) is 0 Å². The minimum atomic E-state index is -0.110. The second-order valence-corrected chi connectivity index (χ2v) is 7.08. The number of amides is 2. The van der Waals surface area contributed by atoms with Gasteiger partial charge in [-0.15, -0.1) is 12.8 Å². The number of hydrogen-bond donors (Lipinski definition) is 4. The molecule has 29 heavy (non-hydrogen) atoms. The lowest BCUT2D eigenvalue weighted by Gasteiger charge is -2.07. The fourth-order valence-electron chi connectivity index (χ4n) is 2.13. The molecule has 0 aromatic rings. The van der Waals surface area contributed by atoms with Gasteiger partial charge in [0.25, 0.3) is 0 Å². The molecule has 0 heterocycles. The molecule has 1 fully saturated rings. The molecule has 0 spiro atoms. The fraction of sp³-hybridized carbons (Fsp3) is 0.739. The van der Waals surface area contributed by atoms with Gasteiger partial charge in [-0.2, -0.15) is 0 Å². The molecule has 1 aliphatic carbocycles. The van der Waals surface area contributed by atoms with Crippen molar-refractivity contribution in [3.05, 3.63) is 12.3 Å². The van der Waals surface area contributed by atoms with Crippen molar-refractivity contribution in [3.8, 4) is 12.8 Å². The summed E-state index contributed by atoms with van der Waals surface area (Å²) < 4.78 is 0. The number of carbonyl (C=O) groups is 2. The highest BCUT2D eigenvalue weighted by atomic mass is 16.2. The number of unbranched alkanes of at least 4 members (excludes halogenated alkanes) is 1. The van der Waals surface area contributed by atoms with Crippen molar-refractivity contribution in [2.24, 2.45) is 17.4 Å². The monoisotopic (exact) mass is 412 g/mol. The summed E-state index contributed by atoms with van der Waals surface area (Å²) in [4.78, 5) is 21.1. The zero-order chi connectivity index (χ0) is 23.7. The van der Waals surface area contributed by atoms with Crippen LogP contribution in [0.5, 0.6) is 0 Å². The van der Waals surface area contributed by atoms with E-state index in [4.69, 9.17) is 11.5 Å². The number of terminal acetylenes is 1. The predicted molar refractivity (Wildman–Crippen MR) is 127 cm³/mol. The summed E-state index contributed by atoms with van der Waals surface area (Å²) in [5, 5.41) is 5.57. The van der Waals surface area contributed by atoms with E-state index in [2.05, 4.69) is 50.8 Å². The van der Waals surface area contributed by atoms with Gasteiger partial charge in [-0.3, -0.25) is 9.59 Å². The average Bonchev–Trinajstić information content (AvgIpc) is 3.16. The maximum absolute atomic E-state index is 10.6. The quantitative estimate of drug-likeness (QED) is 0.377. The van der Waals surface area contributed by atoms with Gasteiger partial charge in [-0.05, 0) is 38.0 Å². The Morgan fingerprint density at radius 1 is 1.10 bits per heavy atom. The van der Waals surface area contributed by atoms with Gasteiger partial charge in [0.2, 0.25) is 11.8 Å². The number of nitrogens with one attached hydrogen (secondary N) is 2. The Morgan fingerprint density at radius 3 is 1.90 bits per heavy atom. The number of nitrogens with two attached hydrogens (primary N) is 2. The number of hydrogen-bond acceptors (Lipinski definition) is 4. The maximum atomic E-state index is 10.6. The van der Waals surface area contributed by atoms with Gasteiger partial charge in [-0.1, -0.05) is 54.0 Å². The molecular weight excluding hydrogens is 364 g/mol. The third-order valence-corrected chi connectivity index (χ3v) is 3.19. The van der Waals surface area contributed by atoms with Gasteiger partial charge in [0, 0.05) is 25.2 Å². The zero-order valence-corrected chi connectivity index (χ0v) is 19.9. The van der Waals surface area contributed by atoms with Crippen LogP contribution in [0.2, 0.25) is 0 Å². The third kappa shape index (κ3) is 41.5. The minimum Gasteiger partial charge on any atom is -0.403 e. The van der Waals surface area contributed by atoms with Crippen molar-refractivity contribution < 1.29 is 9.59 Å².